The number of nitrogens with zero attached hydrogens (tertiary/aromatic N) is 1. The Morgan fingerprint density at radius 3 is 2.28 bits per heavy atom. The molecule has 106 valence electrons. The van der Waals surface area contributed by atoms with Crippen molar-refractivity contribution in [2.24, 2.45) is 5.73 Å². The third-order valence-corrected chi connectivity index (χ3v) is 3.48. The Morgan fingerprint density at radius 1 is 1.44 bits per heavy atom. The molecule has 0 spiro atoms. The molecule has 0 aromatic heterocycles. The highest BCUT2D eigenvalue weighted by molar-refractivity contribution is 7.90. The second kappa shape index (κ2) is 6.33. The summed E-state index contributed by atoms with van der Waals surface area (Å²) in [4.78, 5) is 13.8. The molecule has 0 aliphatic heterocycles. The van der Waals surface area contributed by atoms with Crippen molar-refractivity contribution in [2.45, 2.75) is 38.8 Å². The highest BCUT2D eigenvalue weighted by Crippen LogP contribution is 2.15. The lowest BCUT2D eigenvalue weighted by Crippen LogP contribution is -2.52. The lowest BCUT2D eigenvalue weighted by Gasteiger charge is -2.36. The van der Waals surface area contributed by atoms with Gasteiger partial charge in [-0.1, -0.05) is 6.08 Å². The fourth-order valence-electron chi connectivity index (χ4n) is 1.49. The standard InChI is InChI=1S/C12H24N2O3S/c1-6-8-14(12(2,3)4)11(15)10(13)7-9-18(5,16)17/h6,10H,1,7-9,13H2,2-5H3. The Morgan fingerprint density at radius 2 is 1.94 bits per heavy atom. The van der Waals surface area contributed by atoms with Gasteiger partial charge in [0.15, 0.2) is 0 Å². The molecule has 0 saturated heterocycles. The van der Waals surface area contributed by atoms with E-state index in [1.165, 1.54) is 0 Å². The van der Waals surface area contributed by atoms with E-state index in [0.29, 0.717) is 6.54 Å². The molecule has 0 aliphatic rings. The Balaban J connectivity index is 4.72. The minimum atomic E-state index is -3.10. The zero-order valence-corrected chi connectivity index (χ0v) is 12.5. The molecule has 0 saturated carbocycles. The van der Waals surface area contributed by atoms with Crippen LogP contribution in [0.2, 0.25) is 0 Å². The average Bonchev–Trinajstić information content (AvgIpc) is 2.18. The molecule has 1 amide bonds. The number of nitrogens with two attached hydrogens (primary N) is 1. The number of sulfone groups is 1. The van der Waals surface area contributed by atoms with Gasteiger partial charge in [0.1, 0.15) is 9.84 Å². The van der Waals surface area contributed by atoms with Crippen LogP contribution in [0.4, 0.5) is 0 Å². The zero-order chi connectivity index (χ0) is 14.6. The van der Waals surface area contributed by atoms with Gasteiger partial charge in [-0.15, -0.1) is 6.58 Å². The third-order valence-electron chi connectivity index (χ3n) is 2.50. The molecule has 0 radical (unpaired) electrons. The first kappa shape index (κ1) is 17.1. The van der Waals surface area contributed by atoms with Crippen LogP contribution in [0.5, 0.6) is 0 Å². The van der Waals surface area contributed by atoms with E-state index in [9.17, 15) is 13.2 Å². The van der Waals surface area contributed by atoms with Crippen molar-refractivity contribution in [1.82, 2.24) is 4.90 Å². The van der Waals surface area contributed by atoms with Crippen molar-refractivity contribution in [3.05, 3.63) is 12.7 Å². The molecule has 0 aromatic rings. The summed E-state index contributed by atoms with van der Waals surface area (Å²) < 4.78 is 22.1. The van der Waals surface area contributed by atoms with Crippen LogP contribution in [-0.2, 0) is 14.6 Å². The molecule has 1 atom stereocenters. The zero-order valence-electron chi connectivity index (χ0n) is 11.6. The van der Waals surface area contributed by atoms with Crippen LogP contribution < -0.4 is 5.73 Å². The molecule has 5 nitrogen and oxygen atoms in total. The van der Waals surface area contributed by atoms with Crippen molar-refractivity contribution >= 4 is 15.7 Å². The van der Waals surface area contributed by atoms with Gasteiger partial charge >= 0.3 is 0 Å². The SMILES string of the molecule is C=CCN(C(=O)C(N)CCS(C)(=O)=O)C(C)(C)C. The second-order valence-electron chi connectivity index (χ2n) is 5.43. The van der Waals surface area contributed by atoms with Gasteiger partial charge in [0.05, 0.1) is 11.8 Å². The van der Waals surface area contributed by atoms with Crippen molar-refractivity contribution in [3.8, 4) is 0 Å². The van der Waals surface area contributed by atoms with E-state index in [-0.39, 0.29) is 23.6 Å². The number of hydrogen-bond donors (Lipinski definition) is 1. The molecule has 6 heteroatoms. The Kier molecular flexibility index (Phi) is 6.02. The van der Waals surface area contributed by atoms with E-state index >= 15 is 0 Å². The van der Waals surface area contributed by atoms with Crippen molar-refractivity contribution in [2.75, 3.05) is 18.6 Å². The fraction of sp³-hybridized carbons (Fsp3) is 0.750. The number of hydrogen-bond acceptors (Lipinski definition) is 4. The summed E-state index contributed by atoms with van der Waals surface area (Å²) in [7, 11) is -3.10. The fourth-order valence-corrected chi connectivity index (χ4v) is 2.17. The number of amides is 1. The first-order valence-electron chi connectivity index (χ1n) is 5.84. The molecule has 0 heterocycles. The number of carbonyl (C=O) groups is 1. The predicted octanol–water partition coefficient (Wildman–Crippen LogP) is 0.562. The molecule has 1 unspecified atom stereocenters. The second-order valence-corrected chi connectivity index (χ2v) is 7.69. The molecule has 2 N–H and O–H groups in total. The van der Waals surface area contributed by atoms with E-state index in [1.807, 2.05) is 20.8 Å². The monoisotopic (exact) mass is 276 g/mol. The summed E-state index contributed by atoms with van der Waals surface area (Å²) in [5.41, 5.74) is 5.40. The minimum absolute atomic E-state index is 0.0774. The van der Waals surface area contributed by atoms with Crippen LogP contribution in [0, 0.1) is 0 Å². The first-order valence-corrected chi connectivity index (χ1v) is 7.91. The van der Waals surface area contributed by atoms with Gasteiger partial charge in [0.25, 0.3) is 0 Å². The van der Waals surface area contributed by atoms with Gasteiger partial charge in [-0.3, -0.25) is 4.79 Å². The molecular formula is C12H24N2O3S. The Hall–Kier alpha value is -0.880. The van der Waals surface area contributed by atoms with Gasteiger partial charge in [0.2, 0.25) is 5.91 Å². The predicted molar refractivity (Wildman–Crippen MR) is 74.0 cm³/mol. The quantitative estimate of drug-likeness (QED) is 0.719. The topological polar surface area (TPSA) is 80.5 Å². The van der Waals surface area contributed by atoms with Gasteiger partial charge in [-0.05, 0) is 27.2 Å². The van der Waals surface area contributed by atoms with Crippen LogP contribution in [0.25, 0.3) is 0 Å². The number of rotatable bonds is 6. The van der Waals surface area contributed by atoms with Crippen molar-refractivity contribution < 1.29 is 13.2 Å². The summed E-state index contributed by atoms with van der Waals surface area (Å²) in [6.07, 6.45) is 2.91. The summed E-state index contributed by atoms with van der Waals surface area (Å²) >= 11 is 0. The molecular weight excluding hydrogens is 252 g/mol. The summed E-state index contributed by atoms with van der Waals surface area (Å²) in [6, 6.07) is -0.793. The van der Waals surface area contributed by atoms with Crippen LogP contribution in [-0.4, -0.2) is 49.4 Å². The molecule has 0 fully saturated rings. The van der Waals surface area contributed by atoms with E-state index in [0.717, 1.165) is 6.26 Å². The Bertz CT molecular complexity index is 396. The summed E-state index contributed by atoms with van der Waals surface area (Å²) in [5.74, 6) is -0.322. The van der Waals surface area contributed by atoms with Gasteiger partial charge in [-0.25, -0.2) is 8.42 Å². The lowest BCUT2D eigenvalue weighted by molar-refractivity contribution is -0.136. The van der Waals surface area contributed by atoms with Gasteiger partial charge in [-0.2, -0.15) is 0 Å². The normalized spacial score (nSPS) is 14.1. The van der Waals surface area contributed by atoms with Crippen LogP contribution in [0.1, 0.15) is 27.2 Å². The maximum absolute atomic E-state index is 12.2. The molecule has 0 aliphatic carbocycles. The van der Waals surface area contributed by atoms with E-state index < -0.39 is 15.9 Å². The summed E-state index contributed by atoms with van der Waals surface area (Å²) in [5, 5.41) is 0. The van der Waals surface area contributed by atoms with E-state index in [4.69, 9.17) is 5.73 Å². The van der Waals surface area contributed by atoms with Crippen molar-refractivity contribution in [3.63, 3.8) is 0 Å². The van der Waals surface area contributed by atoms with Crippen LogP contribution >= 0.6 is 0 Å². The highest BCUT2D eigenvalue weighted by Gasteiger charge is 2.29. The molecule has 18 heavy (non-hydrogen) atoms. The largest absolute Gasteiger partial charge is 0.333 e. The smallest absolute Gasteiger partial charge is 0.240 e. The van der Waals surface area contributed by atoms with Crippen LogP contribution in [0.3, 0.4) is 0 Å². The maximum Gasteiger partial charge on any atom is 0.240 e. The van der Waals surface area contributed by atoms with Gasteiger partial charge < -0.3 is 10.6 Å². The number of carbonyl (C=O) groups excluding carboxylic acids is 1. The summed E-state index contributed by atoms with van der Waals surface area (Å²) in [6.45, 7) is 9.71. The first-order chi connectivity index (χ1) is 7.99. The van der Waals surface area contributed by atoms with Gasteiger partial charge in [0, 0.05) is 18.3 Å². The molecule has 0 bridgehead atoms. The Labute approximate surface area is 110 Å². The molecule has 0 aromatic carbocycles. The van der Waals surface area contributed by atoms with Crippen LogP contribution in [0.15, 0.2) is 12.7 Å². The minimum Gasteiger partial charge on any atom is -0.333 e. The highest BCUT2D eigenvalue weighted by atomic mass is 32.2. The van der Waals surface area contributed by atoms with E-state index in [1.54, 1.807) is 11.0 Å². The third kappa shape index (κ3) is 6.16. The van der Waals surface area contributed by atoms with E-state index in [2.05, 4.69) is 6.58 Å². The molecule has 0 rings (SSSR count). The maximum atomic E-state index is 12.2. The lowest BCUT2D eigenvalue weighted by atomic mass is 10.0. The van der Waals surface area contributed by atoms with Crippen molar-refractivity contribution in [1.29, 1.82) is 0 Å². The average molecular weight is 276 g/mol.